The summed E-state index contributed by atoms with van der Waals surface area (Å²) in [5.74, 6) is -0.253. The second-order valence-corrected chi connectivity index (χ2v) is 4.33. The van der Waals surface area contributed by atoms with E-state index in [2.05, 4.69) is 4.98 Å². The number of carbonyl (C=O) groups is 1. The van der Waals surface area contributed by atoms with Crippen LogP contribution in [0.4, 0.5) is 4.39 Å². The molecule has 4 nitrogen and oxygen atoms in total. The van der Waals surface area contributed by atoms with E-state index in [1.807, 2.05) is 0 Å². The molecule has 1 aliphatic rings. The fourth-order valence-corrected chi connectivity index (χ4v) is 2.24. The third-order valence-corrected chi connectivity index (χ3v) is 3.11. The molecular weight excluding hydrogens is 235 g/mol. The van der Waals surface area contributed by atoms with Gasteiger partial charge in [0.1, 0.15) is 11.5 Å². The Morgan fingerprint density at radius 1 is 1.33 bits per heavy atom. The van der Waals surface area contributed by atoms with E-state index in [9.17, 15) is 14.4 Å². The van der Waals surface area contributed by atoms with Crippen LogP contribution in [0.1, 0.15) is 29.0 Å². The van der Waals surface area contributed by atoms with Gasteiger partial charge in [-0.05, 0) is 25.0 Å². The molecule has 0 fully saturated rings. The minimum Gasteiger partial charge on any atom is -0.427 e. The van der Waals surface area contributed by atoms with Gasteiger partial charge in [-0.15, -0.1) is 0 Å². The van der Waals surface area contributed by atoms with Crippen molar-refractivity contribution in [2.45, 2.75) is 19.3 Å². The van der Waals surface area contributed by atoms with Crippen LogP contribution in [0.3, 0.4) is 0 Å². The van der Waals surface area contributed by atoms with Gasteiger partial charge in [-0.25, -0.2) is 9.37 Å². The zero-order chi connectivity index (χ0) is 12.7. The van der Waals surface area contributed by atoms with Crippen molar-refractivity contribution in [3.05, 3.63) is 41.5 Å². The van der Waals surface area contributed by atoms with Crippen LogP contribution in [-0.2, 0) is 6.42 Å². The van der Waals surface area contributed by atoms with Gasteiger partial charge in [-0.2, -0.15) is 4.73 Å². The van der Waals surface area contributed by atoms with Gasteiger partial charge in [0.2, 0.25) is 0 Å². The van der Waals surface area contributed by atoms with Crippen molar-refractivity contribution in [3.8, 4) is 11.4 Å². The Balaban J connectivity index is 2.17. The molecular formula is C13H11FN2O2. The summed E-state index contributed by atoms with van der Waals surface area (Å²) in [6.45, 7) is 0. The maximum atomic E-state index is 13.2. The lowest BCUT2D eigenvalue weighted by atomic mass is 10.0. The van der Waals surface area contributed by atoms with Gasteiger partial charge < -0.3 is 5.21 Å². The molecule has 1 aliphatic carbocycles. The first-order valence-electron chi connectivity index (χ1n) is 5.77. The lowest BCUT2D eigenvalue weighted by molar-refractivity contribution is 0.0960. The summed E-state index contributed by atoms with van der Waals surface area (Å²) in [6, 6.07) is 5.79. The predicted octanol–water partition coefficient (Wildman–Crippen LogP) is 2.45. The summed E-state index contributed by atoms with van der Waals surface area (Å²) < 4.78 is 14.1. The van der Waals surface area contributed by atoms with E-state index < -0.39 is 5.82 Å². The molecule has 18 heavy (non-hydrogen) atoms. The van der Waals surface area contributed by atoms with Crippen LogP contribution >= 0.6 is 0 Å². The second kappa shape index (κ2) is 3.94. The Morgan fingerprint density at radius 2 is 2.17 bits per heavy atom. The van der Waals surface area contributed by atoms with E-state index in [0.717, 1.165) is 4.73 Å². The Bertz CT molecular complexity index is 634. The molecule has 0 aliphatic heterocycles. The third kappa shape index (κ3) is 1.59. The van der Waals surface area contributed by atoms with E-state index >= 15 is 0 Å². The summed E-state index contributed by atoms with van der Waals surface area (Å²) in [5, 5.41) is 10.0. The maximum Gasteiger partial charge on any atom is 0.183 e. The van der Waals surface area contributed by atoms with Gasteiger partial charge >= 0.3 is 0 Å². The van der Waals surface area contributed by atoms with Gasteiger partial charge in [-0.1, -0.05) is 12.1 Å². The lowest BCUT2D eigenvalue weighted by Crippen LogP contribution is -2.12. The highest BCUT2D eigenvalue weighted by Crippen LogP contribution is 2.26. The summed E-state index contributed by atoms with van der Waals surface area (Å²) in [5.41, 5.74) is 1.29. The van der Waals surface area contributed by atoms with E-state index in [4.69, 9.17) is 0 Å². The van der Waals surface area contributed by atoms with Crippen LogP contribution in [-0.4, -0.2) is 20.7 Å². The Hall–Kier alpha value is -2.17. The van der Waals surface area contributed by atoms with Crippen LogP contribution in [0.15, 0.2) is 24.3 Å². The number of rotatable bonds is 1. The van der Waals surface area contributed by atoms with Gasteiger partial charge in [0.05, 0.1) is 5.69 Å². The highest BCUT2D eigenvalue weighted by Gasteiger charge is 2.26. The predicted molar refractivity (Wildman–Crippen MR) is 62.1 cm³/mol. The number of ketones is 1. The number of Topliss-reactive ketones (excluding diaryl/α,β-unsaturated/α-hetero) is 1. The number of halogens is 1. The topological polar surface area (TPSA) is 55.1 Å². The molecule has 0 bridgehead atoms. The van der Waals surface area contributed by atoms with Crippen molar-refractivity contribution in [2.24, 2.45) is 0 Å². The second-order valence-electron chi connectivity index (χ2n) is 4.33. The van der Waals surface area contributed by atoms with E-state index in [0.29, 0.717) is 36.2 Å². The van der Waals surface area contributed by atoms with Crippen molar-refractivity contribution in [3.63, 3.8) is 0 Å². The van der Waals surface area contributed by atoms with Crippen molar-refractivity contribution in [1.29, 1.82) is 0 Å². The van der Waals surface area contributed by atoms with E-state index in [1.165, 1.54) is 12.1 Å². The average molecular weight is 246 g/mol. The number of benzene rings is 1. The molecule has 3 rings (SSSR count). The molecule has 0 saturated heterocycles. The standard InChI is InChI=1S/C13H11FN2O2/c14-9-4-1-3-8(7-9)13-15-12-10(16(13)18)5-2-6-11(12)17/h1,3-4,7,18H,2,5-6H2. The SMILES string of the molecule is O=C1CCCc2c1nc(-c1cccc(F)c1)n2O. The fourth-order valence-electron chi connectivity index (χ4n) is 2.24. The van der Waals surface area contributed by atoms with Crippen LogP contribution in [0.5, 0.6) is 0 Å². The Labute approximate surface area is 103 Å². The van der Waals surface area contributed by atoms with Crippen LogP contribution in [0.2, 0.25) is 0 Å². The zero-order valence-corrected chi connectivity index (χ0v) is 9.56. The molecule has 0 atom stereocenters. The van der Waals surface area contributed by atoms with Gasteiger partial charge in [0, 0.05) is 12.0 Å². The molecule has 0 amide bonds. The number of imidazole rings is 1. The minimum absolute atomic E-state index is 0.0679. The fraction of sp³-hybridized carbons (Fsp3) is 0.231. The quantitative estimate of drug-likeness (QED) is 0.786. The first kappa shape index (κ1) is 11.0. The molecule has 92 valence electrons. The molecule has 1 aromatic carbocycles. The molecule has 0 unspecified atom stereocenters. The number of nitrogens with zero attached hydrogens (tertiary/aromatic N) is 2. The Morgan fingerprint density at radius 3 is 2.89 bits per heavy atom. The molecule has 0 spiro atoms. The maximum absolute atomic E-state index is 13.2. The van der Waals surface area contributed by atoms with Gasteiger partial charge in [0.25, 0.3) is 0 Å². The van der Waals surface area contributed by atoms with Crippen LogP contribution in [0, 0.1) is 5.82 Å². The number of hydrogen-bond donors (Lipinski definition) is 1. The molecule has 0 saturated carbocycles. The first-order chi connectivity index (χ1) is 8.66. The number of aromatic nitrogens is 2. The van der Waals surface area contributed by atoms with Crippen molar-refractivity contribution in [2.75, 3.05) is 0 Å². The largest absolute Gasteiger partial charge is 0.427 e. The molecule has 0 radical (unpaired) electrons. The average Bonchev–Trinajstić information content (AvgIpc) is 2.69. The number of fused-ring (bicyclic) bond motifs is 1. The van der Waals surface area contributed by atoms with Crippen molar-refractivity contribution in [1.82, 2.24) is 9.71 Å². The highest BCUT2D eigenvalue weighted by molar-refractivity contribution is 5.97. The normalized spacial score (nSPS) is 14.6. The summed E-state index contributed by atoms with van der Waals surface area (Å²) in [6.07, 6.45) is 1.77. The zero-order valence-electron chi connectivity index (χ0n) is 9.56. The number of hydrogen-bond acceptors (Lipinski definition) is 3. The number of carbonyl (C=O) groups excluding carboxylic acids is 1. The van der Waals surface area contributed by atoms with Crippen molar-refractivity contribution < 1.29 is 14.4 Å². The molecule has 5 heteroatoms. The van der Waals surface area contributed by atoms with Crippen molar-refractivity contribution >= 4 is 5.78 Å². The summed E-state index contributed by atoms with van der Waals surface area (Å²) in [7, 11) is 0. The van der Waals surface area contributed by atoms with E-state index in [-0.39, 0.29) is 11.6 Å². The van der Waals surface area contributed by atoms with Gasteiger partial charge in [-0.3, -0.25) is 4.79 Å². The lowest BCUT2D eigenvalue weighted by Gasteiger charge is -2.09. The third-order valence-electron chi connectivity index (χ3n) is 3.11. The Kier molecular flexibility index (Phi) is 2.40. The highest BCUT2D eigenvalue weighted by atomic mass is 19.1. The van der Waals surface area contributed by atoms with Crippen LogP contribution in [0.25, 0.3) is 11.4 Å². The summed E-state index contributed by atoms with van der Waals surface area (Å²) >= 11 is 0. The van der Waals surface area contributed by atoms with E-state index in [1.54, 1.807) is 12.1 Å². The van der Waals surface area contributed by atoms with Gasteiger partial charge in [0.15, 0.2) is 11.6 Å². The minimum atomic E-state index is -0.403. The molecule has 1 N–H and O–H groups in total. The monoisotopic (exact) mass is 246 g/mol. The summed E-state index contributed by atoms with van der Waals surface area (Å²) in [4.78, 5) is 15.8. The first-order valence-corrected chi connectivity index (χ1v) is 5.77. The molecule has 2 aromatic rings. The van der Waals surface area contributed by atoms with Crippen LogP contribution < -0.4 is 0 Å². The molecule has 1 aromatic heterocycles. The smallest absolute Gasteiger partial charge is 0.183 e. The molecule has 1 heterocycles.